The van der Waals surface area contributed by atoms with E-state index in [0.717, 1.165) is 41.0 Å². The van der Waals surface area contributed by atoms with Crippen LogP contribution in [0.25, 0.3) is 11.0 Å². The van der Waals surface area contributed by atoms with E-state index < -0.39 is 0 Å². The molecule has 4 rings (SSSR count). The maximum absolute atomic E-state index is 12.1. The van der Waals surface area contributed by atoms with Crippen LogP contribution < -0.4 is 10.5 Å². The summed E-state index contributed by atoms with van der Waals surface area (Å²) in [5.41, 5.74) is 3.75. The number of hydrogen-bond acceptors (Lipinski definition) is 2. The Labute approximate surface area is 158 Å². The lowest BCUT2D eigenvalue weighted by Gasteiger charge is -2.22. The van der Waals surface area contributed by atoms with Gasteiger partial charge in [-0.05, 0) is 36.2 Å². The van der Waals surface area contributed by atoms with Crippen molar-refractivity contribution in [3.05, 3.63) is 68.8 Å². The van der Waals surface area contributed by atoms with Crippen LogP contribution in [0, 0.1) is 0 Å². The summed E-state index contributed by atoms with van der Waals surface area (Å²) in [6, 6.07) is 10.3. The van der Waals surface area contributed by atoms with Gasteiger partial charge in [-0.15, -0.1) is 0 Å². The van der Waals surface area contributed by atoms with E-state index in [4.69, 9.17) is 16.0 Å². The highest BCUT2D eigenvalue weighted by atomic mass is 35.5. The van der Waals surface area contributed by atoms with E-state index in [9.17, 15) is 4.79 Å². The normalized spacial score (nSPS) is 20.1. The first-order chi connectivity index (χ1) is 12.6. The molecule has 0 aliphatic carbocycles. The van der Waals surface area contributed by atoms with Crippen LogP contribution in [0.5, 0.6) is 0 Å². The summed E-state index contributed by atoms with van der Waals surface area (Å²) in [5.74, 6) is 0. The molecular formula is C21H24ClN2O2+. The van der Waals surface area contributed by atoms with Crippen molar-refractivity contribution in [2.45, 2.75) is 38.8 Å². The molecule has 136 valence electrons. The van der Waals surface area contributed by atoms with Gasteiger partial charge in [0.15, 0.2) is 0 Å². The SMILES string of the molecule is CCc1cc2oc(=O)cc(C[NH+]3CCC[C@H]3c3cccn3C)c2cc1Cl. The number of quaternary nitrogens is 1. The maximum atomic E-state index is 12.1. The number of likely N-dealkylation sites (tertiary alicyclic amines) is 1. The smallest absolute Gasteiger partial charge is 0.336 e. The molecule has 1 N–H and O–H groups in total. The fraction of sp³-hybridized carbons (Fsp3) is 0.381. The van der Waals surface area contributed by atoms with Crippen molar-refractivity contribution in [2.75, 3.05) is 6.54 Å². The second kappa shape index (κ2) is 6.93. The number of benzene rings is 1. The molecule has 0 amide bonds. The number of halogens is 1. The zero-order valence-electron chi connectivity index (χ0n) is 15.2. The molecule has 26 heavy (non-hydrogen) atoms. The third-order valence-corrected chi connectivity index (χ3v) is 5.97. The lowest BCUT2D eigenvalue weighted by Crippen LogP contribution is -3.09. The Hall–Kier alpha value is -2.04. The predicted molar refractivity (Wildman–Crippen MR) is 104 cm³/mol. The van der Waals surface area contributed by atoms with Crippen molar-refractivity contribution in [1.29, 1.82) is 0 Å². The Balaban J connectivity index is 1.73. The molecular weight excluding hydrogens is 348 g/mol. The van der Waals surface area contributed by atoms with Gasteiger partial charge in [0, 0.05) is 48.1 Å². The molecule has 3 heterocycles. The number of aryl methyl sites for hydroxylation is 2. The van der Waals surface area contributed by atoms with E-state index in [0.29, 0.717) is 11.6 Å². The van der Waals surface area contributed by atoms with Crippen molar-refractivity contribution in [1.82, 2.24) is 4.57 Å². The van der Waals surface area contributed by atoms with E-state index in [1.165, 1.54) is 23.4 Å². The van der Waals surface area contributed by atoms with Gasteiger partial charge in [-0.3, -0.25) is 0 Å². The van der Waals surface area contributed by atoms with Crippen LogP contribution in [0.3, 0.4) is 0 Å². The van der Waals surface area contributed by atoms with Gasteiger partial charge in [-0.2, -0.15) is 0 Å². The third-order valence-electron chi connectivity index (χ3n) is 5.62. The molecule has 1 aliphatic heterocycles. The fourth-order valence-corrected chi connectivity index (χ4v) is 4.56. The molecule has 2 atom stereocenters. The number of aromatic nitrogens is 1. The molecule has 1 aromatic carbocycles. The molecule has 0 spiro atoms. The van der Waals surface area contributed by atoms with Gasteiger partial charge in [0.1, 0.15) is 18.2 Å². The molecule has 1 fully saturated rings. The van der Waals surface area contributed by atoms with Gasteiger partial charge >= 0.3 is 5.63 Å². The van der Waals surface area contributed by atoms with Crippen molar-refractivity contribution in [2.24, 2.45) is 7.05 Å². The monoisotopic (exact) mass is 371 g/mol. The predicted octanol–water partition coefficient (Wildman–Crippen LogP) is 3.27. The van der Waals surface area contributed by atoms with Crippen molar-refractivity contribution in [3.63, 3.8) is 0 Å². The second-order valence-electron chi connectivity index (χ2n) is 7.21. The Morgan fingerprint density at radius 2 is 2.15 bits per heavy atom. The van der Waals surface area contributed by atoms with E-state index >= 15 is 0 Å². The Kier molecular flexibility index (Phi) is 4.63. The Morgan fingerprint density at radius 3 is 2.88 bits per heavy atom. The molecule has 2 aromatic heterocycles. The Morgan fingerprint density at radius 1 is 1.31 bits per heavy atom. The van der Waals surface area contributed by atoms with Crippen LogP contribution in [0.2, 0.25) is 5.02 Å². The molecule has 5 heteroatoms. The average Bonchev–Trinajstić information content (AvgIpc) is 3.23. The summed E-state index contributed by atoms with van der Waals surface area (Å²) in [4.78, 5) is 13.6. The first-order valence-corrected chi connectivity index (χ1v) is 9.65. The summed E-state index contributed by atoms with van der Waals surface area (Å²) in [6.07, 6.45) is 5.29. The summed E-state index contributed by atoms with van der Waals surface area (Å²) >= 11 is 6.43. The number of rotatable bonds is 4. The molecule has 0 radical (unpaired) electrons. The molecule has 4 nitrogen and oxygen atoms in total. The Bertz CT molecular complexity index is 1000. The summed E-state index contributed by atoms with van der Waals surface area (Å²) in [6.45, 7) is 3.96. The van der Waals surface area contributed by atoms with Crippen LogP contribution in [0.1, 0.15) is 42.6 Å². The van der Waals surface area contributed by atoms with Gasteiger partial charge in [-0.1, -0.05) is 18.5 Å². The van der Waals surface area contributed by atoms with E-state index in [1.54, 1.807) is 6.07 Å². The molecule has 1 aliphatic rings. The topological polar surface area (TPSA) is 39.6 Å². The molecule has 3 aromatic rings. The molecule has 0 saturated carbocycles. The van der Waals surface area contributed by atoms with E-state index in [-0.39, 0.29) is 5.63 Å². The lowest BCUT2D eigenvalue weighted by molar-refractivity contribution is -0.932. The van der Waals surface area contributed by atoms with Crippen LogP contribution >= 0.6 is 11.6 Å². The second-order valence-corrected chi connectivity index (χ2v) is 7.62. The van der Waals surface area contributed by atoms with Gasteiger partial charge in [0.25, 0.3) is 0 Å². The minimum Gasteiger partial charge on any atom is -0.423 e. The average molecular weight is 372 g/mol. The molecule has 1 saturated heterocycles. The molecule has 0 bridgehead atoms. The van der Waals surface area contributed by atoms with Gasteiger partial charge in [-0.25, -0.2) is 4.79 Å². The molecule has 1 unspecified atom stereocenters. The maximum Gasteiger partial charge on any atom is 0.336 e. The number of fused-ring (bicyclic) bond motifs is 1. The van der Waals surface area contributed by atoms with E-state index in [2.05, 4.69) is 29.9 Å². The van der Waals surface area contributed by atoms with Crippen LogP contribution in [-0.2, 0) is 20.0 Å². The minimum absolute atomic E-state index is 0.286. The van der Waals surface area contributed by atoms with Gasteiger partial charge in [0.05, 0.1) is 12.2 Å². The standard InChI is InChI=1S/C21H23ClN2O2/c1-3-14-10-20-16(12-17(14)22)15(11-21(25)26-20)13-24-9-5-7-19(24)18-6-4-8-23(18)2/h4,6,8,10-12,19H,3,5,7,9,13H2,1-2H3/p+1/t19-/m0/s1. The van der Waals surface area contributed by atoms with Crippen LogP contribution in [-0.4, -0.2) is 11.1 Å². The van der Waals surface area contributed by atoms with Crippen molar-refractivity contribution >= 4 is 22.6 Å². The first-order valence-electron chi connectivity index (χ1n) is 9.27. The largest absolute Gasteiger partial charge is 0.423 e. The van der Waals surface area contributed by atoms with Crippen molar-refractivity contribution < 1.29 is 9.32 Å². The fourth-order valence-electron chi connectivity index (χ4n) is 4.27. The van der Waals surface area contributed by atoms with Crippen LogP contribution in [0.4, 0.5) is 0 Å². The highest BCUT2D eigenvalue weighted by Gasteiger charge is 2.32. The van der Waals surface area contributed by atoms with E-state index in [1.807, 2.05) is 19.1 Å². The highest BCUT2D eigenvalue weighted by Crippen LogP contribution is 2.27. The first kappa shape index (κ1) is 17.4. The zero-order valence-corrected chi connectivity index (χ0v) is 16.0. The number of hydrogen-bond donors (Lipinski definition) is 1. The van der Waals surface area contributed by atoms with Gasteiger partial charge < -0.3 is 13.9 Å². The number of nitrogens with one attached hydrogen (secondary N) is 1. The summed E-state index contributed by atoms with van der Waals surface area (Å²) in [7, 11) is 2.10. The zero-order chi connectivity index (χ0) is 18.3. The minimum atomic E-state index is -0.286. The van der Waals surface area contributed by atoms with Crippen LogP contribution in [0.15, 0.2) is 45.7 Å². The van der Waals surface area contributed by atoms with Crippen molar-refractivity contribution in [3.8, 4) is 0 Å². The highest BCUT2D eigenvalue weighted by molar-refractivity contribution is 6.32. The van der Waals surface area contributed by atoms with Gasteiger partial charge in [0.2, 0.25) is 0 Å². The number of nitrogens with zero attached hydrogens (tertiary/aromatic N) is 1. The summed E-state index contributed by atoms with van der Waals surface area (Å²) in [5, 5.41) is 1.70. The summed E-state index contributed by atoms with van der Waals surface area (Å²) < 4.78 is 7.66. The quantitative estimate of drug-likeness (QED) is 0.715. The third kappa shape index (κ3) is 3.08. The lowest BCUT2D eigenvalue weighted by atomic mass is 10.0.